The molecular weight excluding hydrogens is 376 g/mol. The molecule has 0 unspecified atom stereocenters. The second kappa shape index (κ2) is 8.90. The number of aromatic nitrogens is 3. The third-order valence-electron chi connectivity index (χ3n) is 5.25. The molecule has 1 fully saturated rings. The van der Waals surface area contributed by atoms with Crippen molar-refractivity contribution in [3.8, 4) is 0 Å². The molecule has 0 spiro atoms. The van der Waals surface area contributed by atoms with E-state index in [1.807, 2.05) is 60.4 Å². The molecule has 1 aromatic carbocycles. The number of anilines is 3. The summed E-state index contributed by atoms with van der Waals surface area (Å²) >= 11 is 0. The van der Waals surface area contributed by atoms with Crippen LogP contribution in [0.3, 0.4) is 0 Å². The number of piperazine rings is 1. The third kappa shape index (κ3) is 4.56. The van der Waals surface area contributed by atoms with Crippen molar-refractivity contribution in [3.63, 3.8) is 0 Å². The van der Waals surface area contributed by atoms with Gasteiger partial charge in [0.2, 0.25) is 0 Å². The van der Waals surface area contributed by atoms with Crippen LogP contribution in [0.4, 0.5) is 17.5 Å². The molecule has 7 nitrogen and oxygen atoms in total. The quantitative estimate of drug-likeness (QED) is 0.705. The fourth-order valence-electron chi connectivity index (χ4n) is 3.55. The first kappa shape index (κ1) is 19.8. The minimum Gasteiger partial charge on any atom is -0.353 e. The predicted octanol–water partition coefficient (Wildman–Crippen LogP) is 3.45. The zero-order valence-corrected chi connectivity index (χ0v) is 17.4. The third-order valence-corrected chi connectivity index (χ3v) is 5.25. The van der Waals surface area contributed by atoms with Crippen LogP contribution >= 0.6 is 0 Å². The largest absolute Gasteiger partial charge is 0.353 e. The Kier molecular flexibility index (Phi) is 5.88. The number of hydrogen-bond donors (Lipinski definition) is 1. The molecule has 1 amide bonds. The van der Waals surface area contributed by atoms with E-state index in [2.05, 4.69) is 32.1 Å². The van der Waals surface area contributed by atoms with Gasteiger partial charge in [-0.05, 0) is 43.2 Å². The predicted molar refractivity (Wildman–Crippen MR) is 118 cm³/mol. The van der Waals surface area contributed by atoms with Gasteiger partial charge < -0.3 is 15.1 Å². The zero-order chi connectivity index (χ0) is 20.9. The van der Waals surface area contributed by atoms with Gasteiger partial charge in [0.05, 0.1) is 0 Å². The highest BCUT2D eigenvalue weighted by Gasteiger charge is 2.23. The number of nitrogens with zero attached hydrogens (tertiary/aromatic N) is 5. The summed E-state index contributed by atoms with van der Waals surface area (Å²) < 4.78 is 0. The van der Waals surface area contributed by atoms with Crippen LogP contribution in [0.15, 0.2) is 54.7 Å². The summed E-state index contributed by atoms with van der Waals surface area (Å²) in [5.74, 6) is 3.10. The summed E-state index contributed by atoms with van der Waals surface area (Å²) in [6.45, 7) is 6.80. The van der Waals surface area contributed by atoms with Crippen molar-refractivity contribution >= 4 is 23.4 Å². The van der Waals surface area contributed by atoms with Gasteiger partial charge in [0.1, 0.15) is 23.3 Å². The Bertz CT molecular complexity index is 998. The fourth-order valence-corrected chi connectivity index (χ4v) is 3.55. The first-order valence-electron chi connectivity index (χ1n) is 10.3. The van der Waals surface area contributed by atoms with Gasteiger partial charge in [0.25, 0.3) is 5.91 Å². The maximum Gasteiger partial charge on any atom is 0.253 e. The van der Waals surface area contributed by atoms with Crippen molar-refractivity contribution in [1.29, 1.82) is 0 Å². The Morgan fingerprint density at radius 3 is 2.43 bits per heavy atom. The lowest BCUT2D eigenvalue weighted by molar-refractivity contribution is 0.0746. The van der Waals surface area contributed by atoms with Gasteiger partial charge in [-0.1, -0.05) is 25.1 Å². The Morgan fingerprint density at radius 1 is 1.00 bits per heavy atom. The van der Waals surface area contributed by atoms with Crippen molar-refractivity contribution in [3.05, 3.63) is 71.7 Å². The minimum atomic E-state index is 0.0914. The maximum absolute atomic E-state index is 12.8. The molecule has 0 bridgehead atoms. The first-order chi connectivity index (χ1) is 14.6. The highest BCUT2D eigenvalue weighted by Crippen LogP contribution is 2.20. The molecule has 0 aliphatic carbocycles. The van der Waals surface area contributed by atoms with Crippen molar-refractivity contribution in [2.24, 2.45) is 0 Å². The van der Waals surface area contributed by atoms with E-state index in [0.29, 0.717) is 24.7 Å². The van der Waals surface area contributed by atoms with E-state index in [-0.39, 0.29) is 5.91 Å². The van der Waals surface area contributed by atoms with Gasteiger partial charge in [-0.3, -0.25) is 4.79 Å². The number of aryl methyl sites for hydroxylation is 2. The van der Waals surface area contributed by atoms with E-state index in [0.717, 1.165) is 36.7 Å². The number of carbonyl (C=O) groups excluding carboxylic acids is 1. The lowest BCUT2D eigenvalue weighted by atomic mass is 10.1. The summed E-state index contributed by atoms with van der Waals surface area (Å²) in [5, 5.41) is 3.23. The molecule has 1 saturated heterocycles. The van der Waals surface area contributed by atoms with Crippen molar-refractivity contribution in [1.82, 2.24) is 19.9 Å². The number of amides is 1. The number of hydrogen-bond acceptors (Lipinski definition) is 6. The molecule has 4 rings (SSSR count). The normalized spacial score (nSPS) is 13.9. The number of nitrogens with one attached hydrogen (secondary N) is 1. The summed E-state index contributed by atoms with van der Waals surface area (Å²) in [7, 11) is 0. The SMILES string of the molecule is CCc1ccc(C(=O)N2CCN(c3cc(Nc4ccccn4)nc(C)n3)CC2)cc1. The van der Waals surface area contributed by atoms with Crippen LogP contribution in [-0.2, 0) is 6.42 Å². The molecule has 0 radical (unpaired) electrons. The summed E-state index contributed by atoms with van der Waals surface area (Å²) in [6.07, 6.45) is 2.71. The minimum absolute atomic E-state index is 0.0914. The molecule has 154 valence electrons. The molecule has 1 aliphatic heterocycles. The first-order valence-corrected chi connectivity index (χ1v) is 10.3. The van der Waals surface area contributed by atoms with Gasteiger partial charge in [-0.2, -0.15) is 0 Å². The molecule has 2 aromatic heterocycles. The lowest BCUT2D eigenvalue weighted by Gasteiger charge is -2.35. The van der Waals surface area contributed by atoms with E-state index < -0.39 is 0 Å². The number of rotatable bonds is 5. The molecular formula is C23H26N6O. The van der Waals surface area contributed by atoms with Gasteiger partial charge in [-0.25, -0.2) is 15.0 Å². The molecule has 30 heavy (non-hydrogen) atoms. The van der Waals surface area contributed by atoms with Crippen LogP contribution < -0.4 is 10.2 Å². The van der Waals surface area contributed by atoms with Gasteiger partial charge in [-0.15, -0.1) is 0 Å². The van der Waals surface area contributed by atoms with Crippen LogP contribution in [0.5, 0.6) is 0 Å². The van der Waals surface area contributed by atoms with Gasteiger partial charge >= 0.3 is 0 Å². The molecule has 0 saturated carbocycles. The van der Waals surface area contributed by atoms with Crippen LogP contribution in [0.2, 0.25) is 0 Å². The number of pyridine rings is 1. The van der Waals surface area contributed by atoms with E-state index in [1.54, 1.807) is 6.20 Å². The average Bonchev–Trinajstić information content (AvgIpc) is 2.79. The average molecular weight is 403 g/mol. The maximum atomic E-state index is 12.8. The highest BCUT2D eigenvalue weighted by atomic mass is 16.2. The van der Waals surface area contributed by atoms with Crippen molar-refractivity contribution in [2.75, 3.05) is 36.4 Å². The Morgan fingerprint density at radius 2 is 1.77 bits per heavy atom. The molecule has 1 N–H and O–H groups in total. The topological polar surface area (TPSA) is 74.2 Å². The van der Waals surface area contributed by atoms with Crippen LogP contribution in [0.1, 0.15) is 28.7 Å². The molecule has 0 atom stereocenters. The number of benzene rings is 1. The van der Waals surface area contributed by atoms with Crippen molar-refractivity contribution in [2.45, 2.75) is 20.3 Å². The standard InChI is InChI=1S/C23H26N6O/c1-3-18-7-9-19(10-8-18)23(30)29-14-12-28(13-15-29)22-16-21(25-17(2)26-22)27-20-6-4-5-11-24-20/h4-11,16H,3,12-15H2,1-2H3,(H,24,25,26,27). The Hall–Kier alpha value is -3.48. The Labute approximate surface area is 176 Å². The van der Waals surface area contributed by atoms with Gasteiger partial charge in [0.15, 0.2) is 0 Å². The zero-order valence-electron chi connectivity index (χ0n) is 17.4. The smallest absolute Gasteiger partial charge is 0.253 e. The second-order valence-electron chi connectivity index (χ2n) is 7.33. The molecule has 3 aromatic rings. The summed E-state index contributed by atoms with van der Waals surface area (Å²) in [5.41, 5.74) is 1.99. The van der Waals surface area contributed by atoms with Crippen LogP contribution in [0.25, 0.3) is 0 Å². The molecule has 1 aliphatic rings. The number of carbonyl (C=O) groups is 1. The summed E-state index contributed by atoms with van der Waals surface area (Å²) in [4.78, 5) is 30.3. The Balaban J connectivity index is 1.41. The van der Waals surface area contributed by atoms with E-state index in [9.17, 15) is 4.79 Å². The highest BCUT2D eigenvalue weighted by molar-refractivity contribution is 5.94. The van der Waals surface area contributed by atoms with Crippen molar-refractivity contribution < 1.29 is 4.79 Å². The lowest BCUT2D eigenvalue weighted by Crippen LogP contribution is -2.49. The second-order valence-corrected chi connectivity index (χ2v) is 7.33. The van der Waals surface area contributed by atoms with Gasteiger partial charge in [0, 0.05) is 44.0 Å². The van der Waals surface area contributed by atoms with Crippen LogP contribution in [0, 0.1) is 6.92 Å². The van der Waals surface area contributed by atoms with Crippen LogP contribution in [-0.4, -0.2) is 51.9 Å². The van der Waals surface area contributed by atoms with E-state index in [4.69, 9.17) is 0 Å². The van der Waals surface area contributed by atoms with E-state index in [1.165, 1.54) is 5.56 Å². The fraction of sp³-hybridized carbons (Fsp3) is 0.304. The monoisotopic (exact) mass is 402 g/mol. The van der Waals surface area contributed by atoms with E-state index >= 15 is 0 Å². The summed E-state index contributed by atoms with van der Waals surface area (Å²) in [6, 6.07) is 15.6. The molecule has 7 heteroatoms. The molecule has 3 heterocycles.